The molecular formula is C11H14ClFN2O2. The molecule has 1 rings (SSSR count). The summed E-state index contributed by atoms with van der Waals surface area (Å²) in [5.41, 5.74) is 0.185. The highest BCUT2D eigenvalue weighted by molar-refractivity contribution is 6.20. The molecule has 1 atom stereocenters. The Kier molecular flexibility index (Phi) is 5.86. The summed E-state index contributed by atoms with van der Waals surface area (Å²) >= 11 is 5.89. The van der Waals surface area contributed by atoms with Gasteiger partial charge in [0.05, 0.1) is 18.2 Å². The fourth-order valence-electron chi connectivity index (χ4n) is 1.21. The molecule has 4 nitrogen and oxygen atoms in total. The maximum Gasteiger partial charge on any atom is 0.269 e. The minimum absolute atomic E-state index is 0.138. The topological polar surface area (TPSA) is 51.2 Å². The Morgan fingerprint density at radius 1 is 1.65 bits per heavy atom. The normalized spacial score (nSPS) is 12.2. The zero-order valence-electron chi connectivity index (χ0n) is 9.45. The van der Waals surface area contributed by atoms with Gasteiger partial charge >= 0.3 is 0 Å². The van der Waals surface area contributed by atoms with Crippen LogP contribution in [0.25, 0.3) is 0 Å². The first-order chi connectivity index (χ1) is 8.13. The van der Waals surface area contributed by atoms with E-state index in [0.717, 1.165) is 6.20 Å². The highest BCUT2D eigenvalue weighted by atomic mass is 35.5. The second kappa shape index (κ2) is 7.19. The number of ether oxygens (including phenoxy) is 1. The van der Waals surface area contributed by atoms with Crippen molar-refractivity contribution in [1.29, 1.82) is 0 Å². The summed E-state index contributed by atoms with van der Waals surface area (Å²) in [5.74, 6) is -0.811. The number of aromatic nitrogens is 1. The van der Waals surface area contributed by atoms with Gasteiger partial charge in [0.25, 0.3) is 5.91 Å². The maximum atomic E-state index is 12.6. The largest absolute Gasteiger partial charge is 0.383 e. The van der Waals surface area contributed by atoms with Gasteiger partial charge in [-0.25, -0.2) is 9.37 Å². The third kappa shape index (κ3) is 5.10. The van der Waals surface area contributed by atoms with Crippen LogP contribution in [0.3, 0.4) is 0 Å². The number of carbonyl (C=O) groups excluding carboxylic acids is 1. The SMILES string of the molecule is COCC(Cl)CCNC(=O)c1ccc(F)cn1. The standard InChI is InChI=1S/C11H14ClFN2O2/c1-17-7-8(12)4-5-14-11(16)10-3-2-9(13)6-15-10/h2-3,6,8H,4-5,7H2,1H3,(H,14,16). The van der Waals surface area contributed by atoms with Gasteiger partial charge in [-0.3, -0.25) is 4.79 Å². The highest BCUT2D eigenvalue weighted by Gasteiger charge is 2.08. The van der Waals surface area contributed by atoms with Gasteiger partial charge in [-0.15, -0.1) is 11.6 Å². The van der Waals surface area contributed by atoms with Crippen molar-refractivity contribution in [2.45, 2.75) is 11.8 Å². The van der Waals surface area contributed by atoms with E-state index in [2.05, 4.69) is 10.3 Å². The number of methoxy groups -OCH3 is 1. The number of alkyl halides is 1. The van der Waals surface area contributed by atoms with Crippen molar-refractivity contribution in [1.82, 2.24) is 10.3 Å². The molecule has 0 saturated carbocycles. The molecule has 1 heterocycles. The van der Waals surface area contributed by atoms with Crippen molar-refractivity contribution >= 4 is 17.5 Å². The van der Waals surface area contributed by atoms with Crippen molar-refractivity contribution in [3.05, 3.63) is 29.8 Å². The molecule has 17 heavy (non-hydrogen) atoms. The number of halogens is 2. The van der Waals surface area contributed by atoms with E-state index in [-0.39, 0.29) is 17.0 Å². The smallest absolute Gasteiger partial charge is 0.269 e. The minimum atomic E-state index is -0.470. The Morgan fingerprint density at radius 2 is 2.41 bits per heavy atom. The molecule has 0 radical (unpaired) electrons. The van der Waals surface area contributed by atoms with Gasteiger partial charge < -0.3 is 10.1 Å². The molecule has 1 aromatic rings. The van der Waals surface area contributed by atoms with Gasteiger partial charge in [-0.05, 0) is 18.6 Å². The van der Waals surface area contributed by atoms with E-state index >= 15 is 0 Å². The van der Waals surface area contributed by atoms with Gasteiger partial charge in [0.15, 0.2) is 0 Å². The first kappa shape index (κ1) is 13.9. The molecule has 0 aliphatic heterocycles. The van der Waals surface area contributed by atoms with Crippen molar-refractivity contribution in [2.75, 3.05) is 20.3 Å². The van der Waals surface area contributed by atoms with Crippen molar-refractivity contribution in [3.8, 4) is 0 Å². The fourth-order valence-corrected chi connectivity index (χ4v) is 1.44. The van der Waals surface area contributed by atoms with Gasteiger partial charge in [0.2, 0.25) is 0 Å². The number of rotatable bonds is 6. The second-order valence-corrected chi connectivity index (χ2v) is 4.08. The summed E-state index contributed by atoms with van der Waals surface area (Å²) in [6, 6.07) is 2.52. The zero-order valence-corrected chi connectivity index (χ0v) is 10.2. The molecule has 1 N–H and O–H groups in total. The molecule has 1 aromatic heterocycles. The third-order valence-electron chi connectivity index (χ3n) is 2.05. The summed E-state index contributed by atoms with van der Waals surface area (Å²) in [6.45, 7) is 0.863. The van der Waals surface area contributed by atoms with Crippen LogP contribution in [-0.4, -0.2) is 36.5 Å². The highest BCUT2D eigenvalue weighted by Crippen LogP contribution is 2.02. The van der Waals surface area contributed by atoms with Gasteiger partial charge in [-0.2, -0.15) is 0 Å². The average Bonchev–Trinajstić information content (AvgIpc) is 2.30. The molecule has 0 aliphatic rings. The number of hydrogen-bond acceptors (Lipinski definition) is 3. The molecule has 1 unspecified atom stereocenters. The quantitative estimate of drug-likeness (QED) is 0.791. The van der Waals surface area contributed by atoms with Crippen LogP contribution in [-0.2, 0) is 4.74 Å². The molecule has 0 aliphatic carbocycles. The van der Waals surface area contributed by atoms with Crippen LogP contribution in [0.5, 0.6) is 0 Å². The van der Waals surface area contributed by atoms with Crippen molar-refractivity contribution in [2.24, 2.45) is 0 Å². The predicted molar refractivity (Wildman–Crippen MR) is 62.7 cm³/mol. The Morgan fingerprint density at radius 3 is 3.00 bits per heavy atom. The summed E-state index contributed by atoms with van der Waals surface area (Å²) in [7, 11) is 1.57. The molecular weight excluding hydrogens is 247 g/mol. The van der Waals surface area contributed by atoms with Crippen LogP contribution < -0.4 is 5.32 Å². The lowest BCUT2D eigenvalue weighted by Crippen LogP contribution is -2.27. The van der Waals surface area contributed by atoms with E-state index < -0.39 is 5.82 Å². The van der Waals surface area contributed by atoms with Crippen LogP contribution in [0.2, 0.25) is 0 Å². The summed E-state index contributed by atoms with van der Waals surface area (Å²) in [5, 5.41) is 2.51. The summed E-state index contributed by atoms with van der Waals surface area (Å²) < 4.78 is 17.4. The molecule has 94 valence electrons. The summed E-state index contributed by atoms with van der Waals surface area (Å²) in [4.78, 5) is 15.2. The predicted octanol–water partition coefficient (Wildman–Crippen LogP) is 1.59. The van der Waals surface area contributed by atoms with E-state index in [0.29, 0.717) is 19.6 Å². The average molecular weight is 261 g/mol. The lowest BCUT2D eigenvalue weighted by atomic mass is 10.3. The molecule has 0 aromatic carbocycles. The van der Waals surface area contributed by atoms with E-state index in [4.69, 9.17) is 16.3 Å². The van der Waals surface area contributed by atoms with E-state index in [9.17, 15) is 9.18 Å². The van der Waals surface area contributed by atoms with Gasteiger partial charge in [0, 0.05) is 13.7 Å². The van der Waals surface area contributed by atoms with Gasteiger partial charge in [0.1, 0.15) is 11.5 Å². The molecule has 0 fully saturated rings. The van der Waals surface area contributed by atoms with Crippen molar-refractivity contribution in [3.63, 3.8) is 0 Å². The Hall–Kier alpha value is -1.20. The summed E-state index contributed by atoms with van der Waals surface area (Å²) in [6.07, 6.45) is 1.60. The molecule has 0 bridgehead atoms. The number of nitrogens with one attached hydrogen (secondary N) is 1. The fraction of sp³-hybridized carbons (Fsp3) is 0.455. The Balaban J connectivity index is 2.32. The van der Waals surface area contributed by atoms with Gasteiger partial charge in [-0.1, -0.05) is 0 Å². The van der Waals surface area contributed by atoms with Crippen LogP contribution in [0.4, 0.5) is 4.39 Å². The van der Waals surface area contributed by atoms with E-state index in [1.807, 2.05) is 0 Å². The van der Waals surface area contributed by atoms with E-state index in [1.54, 1.807) is 7.11 Å². The minimum Gasteiger partial charge on any atom is -0.383 e. The Bertz CT molecular complexity index is 359. The van der Waals surface area contributed by atoms with Crippen LogP contribution in [0.1, 0.15) is 16.9 Å². The number of nitrogens with zero attached hydrogens (tertiary/aromatic N) is 1. The van der Waals surface area contributed by atoms with Crippen LogP contribution in [0, 0.1) is 5.82 Å². The monoisotopic (exact) mass is 260 g/mol. The zero-order chi connectivity index (χ0) is 12.7. The third-order valence-corrected chi connectivity index (χ3v) is 2.39. The maximum absolute atomic E-state index is 12.6. The first-order valence-electron chi connectivity index (χ1n) is 5.16. The molecule has 6 heteroatoms. The van der Waals surface area contributed by atoms with Crippen LogP contribution in [0.15, 0.2) is 18.3 Å². The number of hydrogen-bond donors (Lipinski definition) is 1. The van der Waals surface area contributed by atoms with E-state index in [1.165, 1.54) is 12.1 Å². The number of carbonyl (C=O) groups is 1. The number of amides is 1. The molecule has 1 amide bonds. The van der Waals surface area contributed by atoms with Crippen molar-refractivity contribution < 1.29 is 13.9 Å². The number of pyridine rings is 1. The lowest BCUT2D eigenvalue weighted by molar-refractivity contribution is 0.0946. The molecule has 0 saturated heterocycles. The van der Waals surface area contributed by atoms with Crippen LogP contribution >= 0.6 is 11.6 Å². The Labute approximate surface area is 104 Å². The lowest BCUT2D eigenvalue weighted by Gasteiger charge is -2.08. The molecule has 0 spiro atoms. The second-order valence-electron chi connectivity index (χ2n) is 3.46. The first-order valence-corrected chi connectivity index (χ1v) is 5.60.